The lowest BCUT2D eigenvalue weighted by Crippen LogP contribution is -2.03. The van der Waals surface area contributed by atoms with Gasteiger partial charge in [0.05, 0.1) is 26.9 Å². The van der Waals surface area contributed by atoms with Gasteiger partial charge < -0.3 is 4.42 Å². The third kappa shape index (κ3) is 3.46. The molecule has 4 heterocycles. The molecule has 0 spiro atoms. The Morgan fingerprint density at radius 3 is 2.15 bits per heavy atom. The molecule has 0 bridgehead atoms. The Morgan fingerprint density at radius 2 is 1.26 bits per heavy atom. The second-order valence-electron chi connectivity index (χ2n) is 12.2. The summed E-state index contributed by atoms with van der Waals surface area (Å²) in [6, 6.07) is 49.4. The van der Waals surface area contributed by atoms with Crippen LogP contribution in [0.5, 0.6) is 0 Å². The number of rotatable bonds is 2. The van der Waals surface area contributed by atoms with Crippen LogP contribution in [-0.2, 0) is 0 Å². The van der Waals surface area contributed by atoms with Crippen molar-refractivity contribution in [1.29, 1.82) is 0 Å². The fourth-order valence-corrected chi connectivity index (χ4v) is 8.63. The summed E-state index contributed by atoms with van der Waals surface area (Å²) in [4.78, 5) is 10.9. The minimum atomic E-state index is 0.648. The summed E-state index contributed by atoms with van der Waals surface area (Å²) >= 11 is 1.74. The first-order chi connectivity index (χ1) is 23.3. The van der Waals surface area contributed by atoms with Crippen molar-refractivity contribution >= 4 is 96.9 Å². The molecule has 0 radical (unpaired) electrons. The summed E-state index contributed by atoms with van der Waals surface area (Å²) < 4.78 is 11.1. The highest BCUT2D eigenvalue weighted by Crippen LogP contribution is 2.44. The standard InChI is InChI=1S/C42H23N3OS/c1-2-12-26-23-34-32(22-25(26)11-1)37-27-13-4-3-10-24(27)20-21-33(37)45(34)42-43-38-30-15-6-8-19-36(30)47-41(38)39(44-42)31-17-9-16-29-28-14-5-7-18-35(28)46-40(29)31/h1-23H. The number of hydrogen-bond acceptors (Lipinski definition) is 4. The molecule has 0 saturated carbocycles. The van der Waals surface area contributed by atoms with Crippen LogP contribution in [0.2, 0.25) is 0 Å². The van der Waals surface area contributed by atoms with E-state index in [1.165, 1.54) is 37.0 Å². The minimum absolute atomic E-state index is 0.648. The molecule has 5 heteroatoms. The van der Waals surface area contributed by atoms with Crippen LogP contribution in [0.3, 0.4) is 0 Å². The Morgan fingerprint density at radius 1 is 0.532 bits per heavy atom. The lowest BCUT2D eigenvalue weighted by molar-refractivity contribution is 0.670. The van der Waals surface area contributed by atoms with Gasteiger partial charge >= 0.3 is 0 Å². The topological polar surface area (TPSA) is 43.9 Å². The maximum Gasteiger partial charge on any atom is 0.235 e. The Bertz CT molecular complexity index is 3090. The van der Waals surface area contributed by atoms with Gasteiger partial charge in [-0.15, -0.1) is 11.3 Å². The zero-order valence-electron chi connectivity index (χ0n) is 24.9. The largest absolute Gasteiger partial charge is 0.455 e. The van der Waals surface area contributed by atoms with Crippen LogP contribution in [0.15, 0.2) is 144 Å². The smallest absolute Gasteiger partial charge is 0.235 e. The van der Waals surface area contributed by atoms with E-state index in [0.29, 0.717) is 5.95 Å². The minimum Gasteiger partial charge on any atom is -0.455 e. The third-order valence-corrected chi connectivity index (χ3v) is 10.8. The van der Waals surface area contributed by atoms with Gasteiger partial charge in [-0.1, -0.05) is 103 Å². The lowest BCUT2D eigenvalue weighted by atomic mass is 10.0. The highest BCUT2D eigenvalue weighted by atomic mass is 32.1. The SMILES string of the molecule is c1ccc2cc3c(cc2c1)c1c2ccccc2ccc1n3-c1nc(-c2cccc3c2oc2ccccc23)c2sc3ccccc3c2n1. The van der Waals surface area contributed by atoms with Gasteiger partial charge in [0.15, 0.2) is 0 Å². The fourth-order valence-electron chi connectivity index (χ4n) is 7.48. The van der Waals surface area contributed by atoms with E-state index in [1.807, 2.05) is 12.1 Å². The molecular weight excluding hydrogens is 595 g/mol. The summed E-state index contributed by atoms with van der Waals surface area (Å²) in [5.41, 5.74) is 6.69. The van der Waals surface area contributed by atoms with E-state index in [2.05, 4.69) is 132 Å². The van der Waals surface area contributed by atoms with E-state index in [9.17, 15) is 0 Å². The number of aromatic nitrogens is 3. The number of nitrogens with zero attached hydrogens (tertiary/aromatic N) is 3. The molecule has 0 aliphatic heterocycles. The molecule has 0 unspecified atom stereocenters. The van der Waals surface area contributed by atoms with Gasteiger partial charge in [-0.05, 0) is 57.9 Å². The molecule has 0 atom stereocenters. The summed E-state index contributed by atoms with van der Waals surface area (Å²) in [5.74, 6) is 0.648. The van der Waals surface area contributed by atoms with Crippen LogP contribution in [0.1, 0.15) is 0 Å². The number of para-hydroxylation sites is 2. The quantitative estimate of drug-likeness (QED) is 0.194. The molecule has 0 N–H and O–H groups in total. The maximum absolute atomic E-state index is 6.57. The zero-order chi connectivity index (χ0) is 30.6. The molecule has 0 aliphatic carbocycles. The van der Waals surface area contributed by atoms with E-state index in [-0.39, 0.29) is 0 Å². The average molecular weight is 618 g/mol. The predicted octanol–water partition coefficient (Wildman–Crippen LogP) is 11.8. The predicted molar refractivity (Wildman–Crippen MR) is 197 cm³/mol. The molecule has 11 rings (SSSR count). The monoisotopic (exact) mass is 617 g/mol. The van der Waals surface area contributed by atoms with Gasteiger partial charge in [0, 0.05) is 37.2 Å². The Hall–Kier alpha value is -6.04. The van der Waals surface area contributed by atoms with Crippen molar-refractivity contribution in [1.82, 2.24) is 14.5 Å². The van der Waals surface area contributed by atoms with Crippen molar-refractivity contribution in [2.24, 2.45) is 0 Å². The number of hydrogen-bond donors (Lipinski definition) is 0. The molecule has 0 fully saturated rings. The van der Waals surface area contributed by atoms with E-state index in [4.69, 9.17) is 14.4 Å². The van der Waals surface area contributed by atoms with E-state index in [0.717, 1.165) is 59.8 Å². The summed E-state index contributed by atoms with van der Waals surface area (Å²) in [5, 5.41) is 10.6. The number of benzene rings is 7. The number of furan rings is 1. The lowest BCUT2D eigenvalue weighted by Gasteiger charge is -2.11. The summed E-state index contributed by atoms with van der Waals surface area (Å²) in [6.07, 6.45) is 0. The molecular formula is C42H23N3OS. The van der Waals surface area contributed by atoms with Crippen molar-refractivity contribution in [3.8, 4) is 17.2 Å². The molecule has 47 heavy (non-hydrogen) atoms. The first kappa shape index (κ1) is 25.2. The first-order valence-electron chi connectivity index (χ1n) is 15.8. The van der Waals surface area contributed by atoms with Crippen LogP contribution in [0.4, 0.5) is 0 Å². The number of fused-ring (bicyclic) bond motifs is 12. The van der Waals surface area contributed by atoms with Crippen LogP contribution < -0.4 is 0 Å². The fraction of sp³-hybridized carbons (Fsp3) is 0. The molecule has 0 saturated heterocycles. The molecule has 7 aromatic carbocycles. The molecule has 218 valence electrons. The van der Waals surface area contributed by atoms with Crippen molar-refractivity contribution in [3.05, 3.63) is 140 Å². The highest BCUT2D eigenvalue weighted by Gasteiger charge is 2.23. The zero-order valence-corrected chi connectivity index (χ0v) is 25.8. The highest BCUT2D eigenvalue weighted by molar-refractivity contribution is 7.26. The maximum atomic E-state index is 6.57. The van der Waals surface area contributed by atoms with Crippen LogP contribution in [-0.4, -0.2) is 14.5 Å². The van der Waals surface area contributed by atoms with Crippen LogP contribution >= 0.6 is 11.3 Å². The molecule has 0 amide bonds. The average Bonchev–Trinajstić information content (AvgIpc) is 3.80. The summed E-state index contributed by atoms with van der Waals surface area (Å²) in [7, 11) is 0. The third-order valence-electron chi connectivity index (χ3n) is 9.59. The van der Waals surface area contributed by atoms with Gasteiger partial charge in [-0.3, -0.25) is 4.57 Å². The second kappa shape index (κ2) is 9.25. The van der Waals surface area contributed by atoms with Crippen LogP contribution in [0, 0.1) is 0 Å². The van der Waals surface area contributed by atoms with Crippen molar-refractivity contribution in [2.75, 3.05) is 0 Å². The van der Waals surface area contributed by atoms with Crippen molar-refractivity contribution in [3.63, 3.8) is 0 Å². The normalized spacial score (nSPS) is 12.3. The second-order valence-corrected chi connectivity index (χ2v) is 13.2. The first-order valence-corrected chi connectivity index (χ1v) is 16.6. The molecule has 0 aliphatic rings. The molecule has 4 aromatic heterocycles. The van der Waals surface area contributed by atoms with Crippen molar-refractivity contribution in [2.45, 2.75) is 0 Å². The Balaban J connectivity index is 1.32. The molecule has 11 aromatic rings. The van der Waals surface area contributed by atoms with Gasteiger partial charge in [-0.25, -0.2) is 9.97 Å². The van der Waals surface area contributed by atoms with Crippen LogP contribution in [0.25, 0.3) is 103 Å². The van der Waals surface area contributed by atoms with E-state index < -0.39 is 0 Å². The summed E-state index contributed by atoms with van der Waals surface area (Å²) in [6.45, 7) is 0. The van der Waals surface area contributed by atoms with E-state index >= 15 is 0 Å². The van der Waals surface area contributed by atoms with E-state index in [1.54, 1.807) is 11.3 Å². The van der Waals surface area contributed by atoms with Gasteiger partial charge in [0.25, 0.3) is 0 Å². The van der Waals surface area contributed by atoms with Gasteiger partial charge in [0.2, 0.25) is 5.95 Å². The van der Waals surface area contributed by atoms with Gasteiger partial charge in [0.1, 0.15) is 11.2 Å². The van der Waals surface area contributed by atoms with Crippen molar-refractivity contribution < 1.29 is 4.42 Å². The van der Waals surface area contributed by atoms with Gasteiger partial charge in [-0.2, -0.15) is 0 Å². The Labute approximate surface area is 271 Å². The molecule has 4 nitrogen and oxygen atoms in total. The Kier molecular flexibility index (Phi) is 4.96. The number of thiophene rings is 1.